The zero-order chi connectivity index (χ0) is 16.1. The van der Waals surface area contributed by atoms with E-state index in [-0.39, 0.29) is 16.6 Å². The molecule has 5 nitrogen and oxygen atoms in total. The van der Waals surface area contributed by atoms with Crippen LogP contribution in [0.4, 0.5) is 5.69 Å². The molecular formula is C16H14N2O3S. The largest absolute Gasteiger partial charge is 0.478 e. The summed E-state index contributed by atoms with van der Waals surface area (Å²) in [7, 11) is 0. The van der Waals surface area contributed by atoms with Crippen LogP contribution in [0.25, 0.3) is 0 Å². The first-order valence-electron chi connectivity index (χ1n) is 6.48. The molecule has 0 aliphatic heterocycles. The lowest BCUT2D eigenvalue weighted by Crippen LogP contribution is -2.34. The van der Waals surface area contributed by atoms with E-state index < -0.39 is 5.97 Å². The van der Waals surface area contributed by atoms with Crippen molar-refractivity contribution in [2.24, 2.45) is 0 Å². The summed E-state index contributed by atoms with van der Waals surface area (Å²) in [5.41, 5.74) is 2.28. The normalized spacial score (nSPS) is 9.86. The van der Waals surface area contributed by atoms with Gasteiger partial charge in [-0.05, 0) is 55.5 Å². The van der Waals surface area contributed by atoms with Gasteiger partial charge < -0.3 is 10.4 Å². The minimum absolute atomic E-state index is 0.148. The molecule has 22 heavy (non-hydrogen) atoms. The monoisotopic (exact) mass is 314 g/mol. The van der Waals surface area contributed by atoms with Crippen LogP contribution in [0.2, 0.25) is 0 Å². The van der Waals surface area contributed by atoms with Crippen LogP contribution in [0.1, 0.15) is 26.3 Å². The Morgan fingerprint density at radius 3 is 2.32 bits per heavy atom. The van der Waals surface area contributed by atoms with Gasteiger partial charge in [-0.1, -0.05) is 17.7 Å². The fraction of sp³-hybridized carbons (Fsp3) is 0.0625. The van der Waals surface area contributed by atoms with Gasteiger partial charge in [0.25, 0.3) is 5.91 Å². The van der Waals surface area contributed by atoms with Gasteiger partial charge in [0.1, 0.15) is 0 Å². The maximum absolute atomic E-state index is 12.0. The lowest BCUT2D eigenvalue weighted by atomic mass is 10.1. The number of aromatic carboxylic acids is 1. The second-order valence-corrected chi connectivity index (χ2v) is 5.07. The number of carboxylic acids is 1. The lowest BCUT2D eigenvalue weighted by molar-refractivity contribution is 0.0696. The highest BCUT2D eigenvalue weighted by molar-refractivity contribution is 7.80. The molecule has 112 valence electrons. The van der Waals surface area contributed by atoms with E-state index in [0.29, 0.717) is 11.3 Å². The Bertz CT molecular complexity index is 726. The quantitative estimate of drug-likeness (QED) is 0.759. The first-order valence-corrected chi connectivity index (χ1v) is 6.89. The molecule has 0 radical (unpaired) electrons. The number of carboxylic acid groups (broad SMARTS) is 1. The molecule has 0 unspecified atom stereocenters. The third-order valence-corrected chi connectivity index (χ3v) is 3.10. The second-order valence-electron chi connectivity index (χ2n) is 4.66. The van der Waals surface area contributed by atoms with E-state index in [1.165, 1.54) is 12.1 Å². The van der Waals surface area contributed by atoms with Crippen molar-refractivity contribution in [2.45, 2.75) is 6.92 Å². The Hall–Kier alpha value is -2.73. The van der Waals surface area contributed by atoms with E-state index in [4.69, 9.17) is 17.3 Å². The molecule has 2 aromatic carbocycles. The van der Waals surface area contributed by atoms with Crippen molar-refractivity contribution in [1.82, 2.24) is 5.32 Å². The maximum Gasteiger partial charge on any atom is 0.335 e. The summed E-state index contributed by atoms with van der Waals surface area (Å²) in [5.74, 6) is -1.30. The van der Waals surface area contributed by atoms with Gasteiger partial charge in [-0.15, -0.1) is 0 Å². The van der Waals surface area contributed by atoms with Gasteiger partial charge in [0.2, 0.25) is 0 Å². The molecule has 0 saturated heterocycles. The Labute approximate surface area is 133 Å². The molecule has 0 saturated carbocycles. The van der Waals surface area contributed by atoms with Gasteiger partial charge in [-0.25, -0.2) is 4.79 Å². The molecule has 0 aromatic heterocycles. The van der Waals surface area contributed by atoms with Crippen LogP contribution in [-0.2, 0) is 0 Å². The van der Waals surface area contributed by atoms with Crippen molar-refractivity contribution in [3.63, 3.8) is 0 Å². The molecule has 0 bridgehead atoms. The first-order chi connectivity index (χ1) is 10.5. The molecule has 0 heterocycles. The smallest absolute Gasteiger partial charge is 0.335 e. The van der Waals surface area contributed by atoms with Crippen LogP contribution in [-0.4, -0.2) is 22.1 Å². The molecule has 0 atom stereocenters. The molecule has 1 amide bonds. The zero-order valence-corrected chi connectivity index (χ0v) is 12.6. The number of thiocarbonyl (C=S) groups is 1. The summed E-state index contributed by atoms with van der Waals surface area (Å²) in [6, 6.07) is 13.2. The van der Waals surface area contributed by atoms with Crippen LogP contribution >= 0.6 is 12.2 Å². The standard InChI is InChI=1S/C16H14N2O3S/c1-10-3-2-4-12(9-10)14(19)18-16(22)17-13-7-5-11(6-8-13)15(20)21/h2-9H,1H3,(H,20,21)(H2,17,18,19,22). The van der Waals surface area contributed by atoms with Crippen LogP contribution in [0.3, 0.4) is 0 Å². The minimum atomic E-state index is -0.998. The first kappa shape index (κ1) is 15.7. The van der Waals surface area contributed by atoms with Crippen molar-refractivity contribution in [1.29, 1.82) is 0 Å². The number of amides is 1. The Morgan fingerprint density at radius 1 is 1.05 bits per heavy atom. The number of hydrogen-bond acceptors (Lipinski definition) is 3. The highest BCUT2D eigenvalue weighted by Crippen LogP contribution is 2.10. The fourth-order valence-electron chi connectivity index (χ4n) is 1.82. The average molecular weight is 314 g/mol. The molecule has 0 fully saturated rings. The fourth-order valence-corrected chi connectivity index (χ4v) is 2.03. The highest BCUT2D eigenvalue weighted by atomic mass is 32.1. The predicted molar refractivity (Wildman–Crippen MR) is 88.3 cm³/mol. The van der Waals surface area contributed by atoms with Crippen molar-refractivity contribution < 1.29 is 14.7 Å². The number of nitrogens with one attached hydrogen (secondary N) is 2. The van der Waals surface area contributed by atoms with Crippen molar-refractivity contribution in [3.8, 4) is 0 Å². The third-order valence-electron chi connectivity index (χ3n) is 2.90. The van der Waals surface area contributed by atoms with E-state index in [0.717, 1.165) is 5.56 Å². The number of benzene rings is 2. The summed E-state index contributed by atoms with van der Waals surface area (Å²) in [6.45, 7) is 1.90. The molecule has 2 rings (SSSR count). The van der Waals surface area contributed by atoms with Gasteiger partial charge in [0.05, 0.1) is 5.56 Å². The third kappa shape index (κ3) is 4.13. The van der Waals surface area contributed by atoms with Crippen molar-refractivity contribution in [3.05, 3.63) is 65.2 Å². The summed E-state index contributed by atoms with van der Waals surface area (Å²) < 4.78 is 0. The van der Waals surface area contributed by atoms with Crippen LogP contribution in [0.15, 0.2) is 48.5 Å². The molecule has 2 aromatic rings. The van der Waals surface area contributed by atoms with Crippen molar-refractivity contribution in [2.75, 3.05) is 5.32 Å². The van der Waals surface area contributed by atoms with E-state index in [9.17, 15) is 9.59 Å². The van der Waals surface area contributed by atoms with E-state index >= 15 is 0 Å². The average Bonchev–Trinajstić information content (AvgIpc) is 2.47. The number of carbonyl (C=O) groups excluding carboxylic acids is 1. The molecule has 0 aliphatic rings. The van der Waals surface area contributed by atoms with E-state index in [1.54, 1.807) is 30.3 Å². The van der Waals surface area contributed by atoms with Gasteiger partial charge in [-0.3, -0.25) is 10.1 Å². The number of anilines is 1. The Balaban J connectivity index is 1.98. The zero-order valence-electron chi connectivity index (χ0n) is 11.8. The number of carbonyl (C=O) groups is 2. The summed E-state index contributed by atoms with van der Waals surface area (Å²) in [6.07, 6.45) is 0. The SMILES string of the molecule is Cc1cccc(C(=O)NC(=S)Nc2ccc(C(=O)O)cc2)c1. The number of aryl methyl sites for hydroxylation is 1. The summed E-state index contributed by atoms with van der Waals surface area (Å²) >= 11 is 5.07. The minimum Gasteiger partial charge on any atom is -0.478 e. The molecule has 3 N–H and O–H groups in total. The lowest BCUT2D eigenvalue weighted by Gasteiger charge is -2.10. The summed E-state index contributed by atoms with van der Waals surface area (Å²) in [4.78, 5) is 22.8. The van der Waals surface area contributed by atoms with Gasteiger partial charge >= 0.3 is 5.97 Å². The second kappa shape index (κ2) is 6.82. The van der Waals surface area contributed by atoms with Gasteiger partial charge in [0.15, 0.2) is 5.11 Å². The molecule has 0 spiro atoms. The van der Waals surface area contributed by atoms with Gasteiger partial charge in [0, 0.05) is 11.3 Å². The number of hydrogen-bond donors (Lipinski definition) is 3. The van der Waals surface area contributed by atoms with Crippen LogP contribution in [0.5, 0.6) is 0 Å². The predicted octanol–water partition coefficient (Wildman–Crippen LogP) is 2.82. The number of rotatable bonds is 3. The topological polar surface area (TPSA) is 78.4 Å². The molecule has 6 heteroatoms. The Morgan fingerprint density at radius 2 is 1.73 bits per heavy atom. The van der Waals surface area contributed by atoms with E-state index in [1.807, 2.05) is 13.0 Å². The molecule has 0 aliphatic carbocycles. The summed E-state index contributed by atoms with van der Waals surface area (Å²) in [5, 5.41) is 14.4. The van der Waals surface area contributed by atoms with Crippen molar-refractivity contribution >= 4 is 34.9 Å². The molecular weight excluding hydrogens is 300 g/mol. The van der Waals surface area contributed by atoms with Crippen LogP contribution < -0.4 is 10.6 Å². The maximum atomic E-state index is 12.0. The highest BCUT2D eigenvalue weighted by Gasteiger charge is 2.08. The van der Waals surface area contributed by atoms with Crippen LogP contribution in [0, 0.1) is 6.92 Å². The Kier molecular flexibility index (Phi) is 4.85. The van der Waals surface area contributed by atoms with E-state index in [2.05, 4.69) is 10.6 Å². The van der Waals surface area contributed by atoms with Gasteiger partial charge in [-0.2, -0.15) is 0 Å².